The molecule has 12 heteroatoms. The number of hydrogen-bond acceptors (Lipinski definition) is 6. The summed E-state index contributed by atoms with van der Waals surface area (Å²) < 4.78 is 3.33. The lowest BCUT2D eigenvalue weighted by Crippen LogP contribution is -2.47. The molecule has 1 atom stereocenters. The van der Waals surface area contributed by atoms with Gasteiger partial charge >= 0.3 is 0 Å². The quantitative estimate of drug-likeness (QED) is 0.317. The molecule has 0 saturated heterocycles. The molecule has 1 amide bonds. The highest BCUT2D eigenvalue weighted by Crippen LogP contribution is 2.32. The van der Waals surface area contributed by atoms with Crippen molar-refractivity contribution in [3.05, 3.63) is 74.3 Å². The van der Waals surface area contributed by atoms with Gasteiger partial charge in [-0.25, -0.2) is 0 Å². The Morgan fingerprint density at radius 3 is 1.96 bits per heavy atom. The number of nitrogens with one attached hydrogen (secondary N) is 1. The smallest absolute Gasteiger partial charge is 0.277 e. The first-order chi connectivity index (χ1) is 12.6. The molecule has 9 nitrogen and oxygen atoms in total. The fourth-order valence-electron chi connectivity index (χ4n) is 1.95. The SMILES string of the molecule is O=C(N[C@@H](Oc1ccccc1)C(Cl)(Cl)Cl)c1cc([N+](=O)[O-])cc([N+](=O)[O-])c1. The van der Waals surface area contributed by atoms with E-state index in [2.05, 4.69) is 5.32 Å². The number of halogens is 3. The van der Waals surface area contributed by atoms with Gasteiger partial charge in [-0.3, -0.25) is 25.0 Å². The third kappa shape index (κ3) is 5.68. The first-order valence-corrected chi connectivity index (χ1v) is 8.24. The van der Waals surface area contributed by atoms with E-state index in [1.807, 2.05) is 0 Å². The second-order valence-corrected chi connectivity index (χ2v) is 7.45. The van der Waals surface area contributed by atoms with Gasteiger partial charge in [0, 0.05) is 12.1 Å². The van der Waals surface area contributed by atoms with Crippen molar-refractivity contribution < 1.29 is 19.4 Å². The van der Waals surface area contributed by atoms with Crippen LogP contribution in [0.4, 0.5) is 11.4 Å². The van der Waals surface area contributed by atoms with Gasteiger partial charge in [0.2, 0.25) is 10.0 Å². The minimum absolute atomic E-state index is 0.277. The van der Waals surface area contributed by atoms with Crippen molar-refractivity contribution >= 4 is 52.1 Å². The Bertz CT molecular complexity index is 841. The third-order valence-corrected chi connectivity index (χ3v) is 3.74. The van der Waals surface area contributed by atoms with E-state index in [1.54, 1.807) is 30.3 Å². The zero-order chi connectivity index (χ0) is 20.2. The lowest BCUT2D eigenvalue weighted by molar-refractivity contribution is -0.394. The molecule has 0 radical (unpaired) electrons. The van der Waals surface area contributed by atoms with Crippen molar-refractivity contribution in [2.75, 3.05) is 0 Å². The number of benzene rings is 2. The molecule has 142 valence electrons. The molecular formula is C15H10Cl3N3O6. The number of nitrogens with zero attached hydrogens (tertiary/aromatic N) is 2. The molecule has 0 bridgehead atoms. The van der Waals surface area contributed by atoms with E-state index >= 15 is 0 Å². The van der Waals surface area contributed by atoms with E-state index in [1.165, 1.54) is 0 Å². The van der Waals surface area contributed by atoms with Crippen molar-refractivity contribution in [2.24, 2.45) is 0 Å². The summed E-state index contributed by atoms with van der Waals surface area (Å²) in [7, 11) is 0. The number of alkyl halides is 3. The first-order valence-electron chi connectivity index (χ1n) is 7.11. The van der Waals surface area contributed by atoms with Crippen LogP contribution in [0, 0.1) is 20.2 Å². The number of carbonyl (C=O) groups excluding carboxylic acids is 1. The highest BCUT2D eigenvalue weighted by Gasteiger charge is 2.37. The standard InChI is InChI=1S/C15H10Cl3N3O6/c16-15(17,18)14(27-12-4-2-1-3-5-12)19-13(22)9-6-10(20(23)24)8-11(7-9)21(25)26/h1-8,14H,(H,19,22)/t14-/m0/s1. The molecule has 1 N–H and O–H groups in total. The van der Waals surface area contributed by atoms with Crippen LogP contribution in [0.5, 0.6) is 5.75 Å². The summed E-state index contributed by atoms with van der Waals surface area (Å²) in [5.41, 5.74) is -1.64. The predicted molar refractivity (Wildman–Crippen MR) is 98.4 cm³/mol. The molecule has 0 aromatic heterocycles. The third-order valence-electron chi connectivity index (χ3n) is 3.14. The van der Waals surface area contributed by atoms with E-state index < -0.39 is 37.1 Å². The van der Waals surface area contributed by atoms with Crippen molar-refractivity contribution in [1.82, 2.24) is 5.32 Å². The van der Waals surface area contributed by atoms with Gasteiger partial charge in [0.05, 0.1) is 21.5 Å². The van der Waals surface area contributed by atoms with Gasteiger partial charge in [-0.2, -0.15) is 0 Å². The van der Waals surface area contributed by atoms with Crippen LogP contribution in [0.25, 0.3) is 0 Å². The normalized spacial score (nSPS) is 12.1. The van der Waals surface area contributed by atoms with Gasteiger partial charge < -0.3 is 10.1 Å². The van der Waals surface area contributed by atoms with Gasteiger partial charge in [-0.15, -0.1) is 0 Å². The predicted octanol–water partition coefficient (Wildman–Crippen LogP) is 4.01. The van der Waals surface area contributed by atoms with Crippen LogP contribution in [0.15, 0.2) is 48.5 Å². The molecule has 0 aliphatic rings. The van der Waals surface area contributed by atoms with E-state index in [-0.39, 0.29) is 11.3 Å². The fourth-order valence-corrected chi connectivity index (χ4v) is 2.25. The zero-order valence-electron chi connectivity index (χ0n) is 13.2. The lowest BCUT2D eigenvalue weighted by atomic mass is 10.1. The number of amides is 1. The topological polar surface area (TPSA) is 125 Å². The van der Waals surface area contributed by atoms with Crippen LogP contribution in [-0.4, -0.2) is 25.8 Å². The van der Waals surface area contributed by atoms with Crippen LogP contribution in [0.2, 0.25) is 0 Å². The van der Waals surface area contributed by atoms with E-state index in [0.29, 0.717) is 0 Å². The summed E-state index contributed by atoms with van der Waals surface area (Å²) in [5.74, 6) is -0.687. The molecular weight excluding hydrogens is 425 g/mol. The molecule has 2 aromatic carbocycles. The number of rotatable bonds is 6. The Hall–Kier alpha value is -2.62. The molecule has 0 saturated carbocycles. The summed E-state index contributed by atoms with van der Waals surface area (Å²) >= 11 is 17.5. The molecule has 27 heavy (non-hydrogen) atoms. The number of nitro benzene ring substituents is 2. The number of hydrogen-bond donors (Lipinski definition) is 1. The minimum Gasteiger partial charge on any atom is -0.466 e. The Kier molecular flexibility index (Phi) is 6.42. The highest BCUT2D eigenvalue weighted by atomic mass is 35.6. The number of para-hydroxylation sites is 1. The average molecular weight is 435 g/mol. The summed E-state index contributed by atoms with van der Waals surface area (Å²) in [4.78, 5) is 32.6. The summed E-state index contributed by atoms with van der Waals surface area (Å²) in [5, 5.41) is 24.1. The van der Waals surface area contributed by atoms with Crippen LogP contribution in [-0.2, 0) is 0 Å². The van der Waals surface area contributed by atoms with Crippen LogP contribution in [0.3, 0.4) is 0 Å². The zero-order valence-corrected chi connectivity index (χ0v) is 15.4. The molecule has 0 unspecified atom stereocenters. The van der Waals surface area contributed by atoms with Crippen LogP contribution in [0.1, 0.15) is 10.4 Å². The Labute approximate surface area is 167 Å². The molecule has 0 aliphatic heterocycles. The van der Waals surface area contributed by atoms with Gasteiger partial charge in [0.25, 0.3) is 17.3 Å². The van der Waals surface area contributed by atoms with Crippen molar-refractivity contribution in [3.63, 3.8) is 0 Å². The molecule has 0 spiro atoms. The Morgan fingerprint density at radius 1 is 1.00 bits per heavy atom. The second-order valence-electron chi connectivity index (χ2n) is 5.08. The Morgan fingerprint density at radius 2 is 1.52 bits per heavy atom. The molecule has 0 heterocycles. The fraction of sp³-hybridized carbons (Fsp3) is 0.133. The van der Waals surface area contributed by atoms with E-state index in [4.69, 9.17) is 39.5 Å². The van der Waals surface area contributed by atoms with Crippen molar-refractivity contribution in [2.45, 2.75) is 10.0 Å². The van der Waals surface area contributed by atoms with Crippen LogP contribution >= 0.6 is 34.8 Å². The van der Waals surface area contributed by atoms with Gasteiger partial charge in [-0.05, 0) is 12.1 Å². The van der Waals surface area contributed by atoms with Crippen LogP contribution < -0.4 is 10.1 Å². The second kappa shape index (κ2) is 8.38. The largest absolute Gasteiger partial charge is 0.466 e. The summed E-state index contributed by atoms with van der Waals surface area (Å²) in [6.45, 7) is 0. The van der Waals surface area contributed by atoms with Gasteiger partial charge in [-0.1, -0.05) is 53.0 Å². The average Bonchev–Trinajstić information content (AvgIpc) is 2.60. The number of carbonyl (C=O) groups is 1. The maximum absolute atomic E-state index is 12.4. The van der Waals surface area contributed by atoms with E-state index in [0.717, 1.165) is 18.2 Å². The highest BCUT2D eigenvalue weighted by molar-refractivity contribution is 6.68. The Balaban J connectivity index is 2.32. The van der Waals surface area contributed by atoms with Gasteiger partial charge in [0.15, 0.2) is 0 Å². The first kappa shape index (κ1) is 20.7. The minimum atomic E-state index is -2.10. The summed E-state index contributed by atoms with van der Waals surface area (Å²) in [6, 6.07) is 10.6. The number of ether oxygens (including phenoxy) is 1. The molecule has 0 fully saturated rings. The maximum Gasteiger partial charge on any atom is 0.277 e. The number of non-ortho nitro benzene ring substituents is 2. The lowest BCUT2D eigenvalue weighted by Gasteiger charge is -2.26. The number of nitro groups is 2. The van der Waals surface area contributed by atoms with Crippen molar-refractivity contribution in [1.29, 1.82) is 0 Å². The molecule has 0 aliphatic carbocycles. The molecule has 2 rings (SSSR count). The van der Waals surface area contributed by atoms with E-state index in [9.17, 15) is 25.0 Å². The maximum atomic E-state index is 12.4. The summed E-state index contributed by atoms with van der Waals surface area (Å²) in [6.07, 6.45) is -1.48. The van der Waals surface area contributed by atoms with Crippen molar-refractivity contribution in [3.8, 4) is 5.75 Å². The molecule has 2 aromatic rings. The van der Waals surface area contributed by atoms with Gasteiger partial charge in [0.1, 0.15) is 5.75 Å². The monoisotopic (exact) mass is 433 g/mol.